The second-order valence-corrected chi connectivity index (χ2v) is 7.54. The molecule has 1 saturated heterocycles. The van der Waals surface area contributed by atoms with Gasteiger partial charge in [0, 0.05) is 51.4 Å². The first-order chi connectivity index (χ1) is 15.6. The van der Waals surface area contributed by atoms with Gasteiger partial charge in [-0.2, -0.15) is 14.5 Å². The fraction of sp³-hybridized carbons (Fsp3) is 0.286. The number of rotatable bonds is 6. The summed E-state index contributed by atoms with van der Waals surface area (Å²) < 4.78 is 33.9. The minimum Gasteiger partial charge on any atom is -0.461 e. The normalized spacial score (nSPS) is 14.9. The smallest absolute Gasteiger partial charge is 0.256 e. The Labute approximate surface area is 182 Å². The first-order valence-electron chi connectivity index (χ1n) is 10.3. The van der Waals surface area contributed by atoms with Gasteiger partial charge >= 0.3 is 0 Å². The lowest BCUT2D eigenvalue weighted by Gasteiger charge is -2.36. The second kappa shape index (κ2) is 8.42. The van der Waals surface area contributed by atoms with Crippen molar-refractivity contribution < 1.29 is 13.2 Å². The van der Waals surface area contributed by atoms with Crippen LogP contribution in [0.15, 0.2) is 47.1 Å². The molecule has 0 atom stereocenters. The zero-order valence-electron chi connectivity index (χ0n) is 17.2. The zero-order chi connectivity index (χ0) is 22.1. The van der Waals surface area contributed by atoms with Crippen molar-refractivity contribution in [3.8, 4) is 11.6 Å². The Bertz CT molecular complexity index is 1220. The first-order valence-corrected chi connectivity index (χ1v) is 10.3. The van der Waals surface area contributed by atoms with Crippen LogP contribution < -0.4 is 16.0 Å². The lowest BCUT2D eigenvalue weighted by atomic mass is 10.2. The van der Waals surface area contributed by atoms with E-state index in [9.17, 15) is 8.78 Å². The van der Waals surface area contributed by atoms with E-state index in [-0.39, 0.29) is 0 Å². The van der Waals surface area contributed by atoms with E-state index in [1.807, 2.05) is 4.90 Å². The van der Waals surface area contributed by atoms with Gasteiger partial charge < -0.3 is 20.4 Å². The molecule has 0 radical (unpaired) electrons. The molecule has 1 aliphatic heterocycles. The van der Waals surface area contributed by atoms with E-state index >= 15 is 0 Å². The van der Waals surface area contributed by atoms with E-state index < -0.39 is 11.6 Å². The van der Waals surface area contributed by atoms with Gasteiger partial charge in [-0.15, -0.1) is 5.10 Å². The summed E-state index contributed by atoms with van der Waals surface area (Å²) in [7, 11) is 0. The maximum atomic E-state index is 14.0. The van der Waals surface area contributed by atoms with Gasteiger partial charge in [0.25, 0.3) is 5.78 Å². The van der Waals surface area contributed by atoms with Crippen LogP contribution in [-0.4, -0.2) is 63.8 Å². The Balaban J connectivity index is 1.16. The minimum atomic E-state index is -0.563. The molecule has 1 aliphatic rings. The summed E-state index contributed by atoms with van der Waals surface area (Å²) >= 11 is 0. The summed E-state index contributed by atoms with van der Waals surface area (Å²) in [5, 5.41) is 7.60. The Morgan fingerprint density at radius 2 is 1.91 bits per heavy atom. The average molecular weight is 440 g/mol. The molecule has 4 heterocycles. The van der Waals surface area contributed by atoms with Crippen molar-refractivity contribution in [3.05, 3.63) is 54.3 Å². The summed E-state index contributed by atoms with van der Waals surface area (Å²) in [4.78, 5) is 13.1. The van der Waals surface area contributed by atoms with Crippen LogP contribution in [0.4, 0.5) is 26.1 Å². The van der Waals surface area contributed by atoms with Crippen molar-refractivity contribution in [3.63, 3.8) is 0 Å². The number of aromatic nitrogens is 4. The van der Waals surface area contributed by atoms with E-state index in [1.165, 1.54) is 16.6 Å². The topological polar surface area (TPSA) is 101 Å². The predicted octanol–water partition coefficient (Wildman–Crippen LogP) is 2.48. The number of piperazine rings is 1. The number of hydrogen-bond acceptors (Lipinski definition) is 8. The molecule has 3 N–H and O–H groups in total. The van der Waals surface area contributed by atoms with E-state index in [0.717, 1.165) is 25.7 Å². The molecule has 0 aliphatic carbocycles. The molecule has 3 aromatic heterocycles. The highest BCUT2D eigenvalue weighted by atomic mass is 19.1. The number of benzene rings is 1. The molecule has 0 amide bonds. The average Bonchev–Trinajstić information content (AvgIpc) is 3.45. The SMILES string of the molecule is Nc1cc(NCCN2CCN(c3ccc(F)cc3F)CC2)nc2nc(-c3ccco3)nn12. The van der Waals surface area contributed by atoms with E-state index in [1.54, 1.807) is 24.5 Å². The van der Waals surface area contributed by atoms with Crippen LogP contribution in [0.5, 0.6) is 0 Å². The van der Waals surface area contributed by atoms with Gasteiger partial charge in [-0.05, 0) is 24.3 Å². The lowest BCUT2D eigenvalue weighted by Crippen LogP contribution is -2.47. The molecule has 166 valence electrons. The molecule has 9 nitrogen and oxygen atoms in total. The highest BCUT2D eigenvalue weighted by molar-refractivity contribution is 5.56. The molecule has 0 unspecified atom stereocenters. The summed E-state index contributed by atoms with van der Waals surface area (Å²) in [5.41, 5.74) is 6.55. The predicted molar refractivity (Wildman–Crippen MR) is 116 cm³/mol. The van der Waals surface area contributed by atoms with Crippen molar-refractivity contribution in [2.75, 3.05) is 55.2 Å². The van der Waals surface area contributed by atoms with Gasteiger partial charge in [0.05, 0.1) is 12.0 Å². The second-order valence-electron chi connectivity index (χ2n) is 7.54. The molecule has 11 heteroatoms. The largest absolute Gasteiger partial charge is 0.461 e. The fourth-order valence-corrected chi connectivity index (χ4v) is 3.78. The van der Waals surface area contributed by atoms with Crippen LogP contribution in [0.25, 0.3) is 17.4 Å². The van der Waals surface area contributed by atoms with E-state index in [4.69, 9.17) is 10.2 Å². The highest BCUT2D eigenvalue weighted by Crippen LogP contribution is 2.22. The Morgan fingerprint density at radius 3 is 2.66 bits per heavy atom. The van der Waals surface area contributed by atoms with Crippen LogP contribution >= 0.6 is 0 Å². The van der Waals surface area contributed by atoms with Crippen LogP contribution in [0.1, 0.15) is 0 Å². The lowest BCUT2D eigenvalue weighted by molar-refractivity contribution is 0.266. The number of fused-ring (bicyclic) bond motifs is 1. The number of nitrogens with one attached hydrogen (secondary N) is 1. The van der Waals surface area contributed by atoms with Crippen molar-refractivity contribution in [2.24, 2.45) is 0 Å². The van der Waals surface area contributed by atoms with Gasteiger partial charge in [0.2, 0.25) is 5.82 Å². The van der Waals surface area contributed by atoms with Gasteiger partial charge in [0.1, 0.15) is 23.3 Å². The number of nitrogens with two attached hydrogens (primary N) is 1. The Kier molecular flexibility index (Phi) is 5.31. The highest BCUT2D eigenvalue weighted by Gasteiger charge is 2.19. The standard InChI is InChI=1S/C21H22F2N8O/c22-14-3-4-16(15(23)12-14)30-9-7-29(8-10-30)6-5-25-19-13-18(24)31-21(26-19)27-20(28-31)17-2-1-11-32-17/h1-4,11-13H,5-10,24H2,(H,25,26,27,28). The van der Waals surface area contributed by atoms with E-state index in [2.05, 4.69) is 25.3 Å². The summed E-state index contributed by atoms with van der Waals surface area (Å²) in [6.45, 7) is 4.36. The number of nitrogens with zero attached hydrogens (tertiary/aromatic N) is 6. The van der Waals surface area contributed by atoms with Gasteiger partial charge in [-0.25, -0.2) is 8.78 Å². The number of anilines is 3. The molecule has 32 heavy (non-hydrogen) atoms. The third kappa shape index (κ3) is 4.06. The third-order valence-corrected chi connectivity index (χ3v) is 5.44. The Hall–Kier alpha value is -3.73. The number of hydrogen-bond donors (Lipinski definition) is 2. The zero-order valence-corrected chi connectivity index (χ0v) is 17.2. The molecule has 0 saturated carbocycles. The molecule has 1 fully saturated rings. The first kappa shape index (κ1) is 20.2. The Morgan fingerprint density at radius 1 is 1.06 bits per heavy atom. The van der Waals surface area contributed by atoms with Crippen molar-refractivity contribution in [1.82, 2.24) is 24.5 Å². The van der Waals surface area contributed by atoms with Crippen LogP contribution in [0.2, 0.25) is 0 Å². The quantitative estimate of drug-likeness (QED) is 0.472. The van der Waals surface area contributed by atoms with Gasteiger partial charge in [-0.3, -0.25) is 4.90 Å². The fourth-order valence-electron chi connectivity index (χ4n) is 3.78. The molecule has 1 aromatic carbocycles. The number of halogens is 2. The molecule has 0 spiro atoms. The van der Waals surface area contributed by atoms with E-state index in [0.29, 0.717) is 54.3 Å². The number of furan rings is 1. The van der Waals surface area contributed by atoms with Crippen molar-refractivity contribution >= 4 is 23.1 Å². The maximum Gasteiger partial charge on any atom is 0.256 e. The molecule has 0 bridgehead atoms. The molecular formula is C21H22F2N8O. The minimum absolute atomic E-state index is 0.383. The molecular weight excluding hydrogens is 418 g/mol. The van der Waals surface area contributed by atoms with Crippen LogP contribution in [0, 0.1) is 11.6 Å². The van der Waals surface area contributed by atoms with Crippen LogP contribution in [-0.2, 0) is 0 Å². The van der Waals surface area contributed by atoms with Crippen molar-refractivity contribution in [1.29, 1.82) is 0 Å². The van der Waals surface area contributed by atoms with Crippen LogP contribution in [0.3, 0.4) is 0 Å². The molecule has 5 rings (SSSR count). The summed E-state index contributed by atoms with van der Waals surface area (Å²) in [6, 6.07) is 8.96. The van der Waals surface area contributed by atoms with Gasteiger partial charge in [0.15, 0.2) is 5.76 Å². The molecule has 4 aromatic rings. The van der Waals surface area contributed by atoms with Gasteiger partial charge in [-0.1, -0.05) is 0 Å². The third-order valence-electron chi connectivity index (χ3n) is 5.44. The summed E-state index contributed by atoms with van der Waals surface area (Å²) in [6.07, 6.45) is 1.56. The summed E-state index contributed by atoms with van der Waals surface area (Å²) in [5.74, 6) is 1.28. The van der Waals surface area contributed by atoms with Crippen molar-refractivity contribution in [2.45, 2.75) is 0 Å². The maximum absolute atomic E-state index is 14.0. The monoisotopic (exact) mass is 440 g/mol. The number of nitrogen functional groups attached to an aromatic ring is 1.